The minimum Gasteiger partial charge on any atom is -0.481 e. The summed E-state index contributed by atoms with van der Waals surface area (Å²) >= 11 is 0. The van der Waals surface area contributed by atoms with Crippen molar-refractivity contribution >= 4 is 11.9 Å². The Morgan fingerprint density at radius 3 is 2.40 bits per heavy atom. The fourth-order valence-electron chi connectivity index (χ4n) is 1.09. The van der Waals surface area contributed by atoms with Crippen molar-refractivity contribution in [2.24, 2.45) is 5.92 Å². The lowest BCUT2D eigenvalue weighted by Crippen LogP contribution is -2.40. The van der Waals surface area contributed by atoms with Gasteiger partial charge in [-0.1, -0.05) is 0 Å². The number of likely N-dealkylation sites (N-methyl/N-ethyl adjacent to an activating group) is 1. The van der Waals surface area contributed by atoms with Crippen LogP contribution in [0.3, 0.4) is 0 Å². The summed E-state index contributed by atoms with van der Waals surface area (Å²) in [4.78, 5) is 23.1. The summed E-state index contributed by atoms with van der Waals surface area (Å²) in [5.74, 6) is -2.80. The van der Waals surface area contributed by atoms with Crippen molar-refractivity contribution in [1.82, 2.24) is 4.90 Å². The van der Waals surface area contributed by atoms with Crippen molar-refractivity contribution in [1.29, 1.82) is 0 Å². The Morgan fingerprint density at radius 1 is 1.47 bits per heavy atom. The molecule has 0 saturated carbocycles. The zero-order chi connectivity index (χ0) is 12.0. The normalized spacial score (nSPS) is 14.4. The Hall–Kier alpha value is -1.14. The topological polar surface area (TPSA) is 87.1 Å². The third-order valence-electron chi connectivity index (χ3n) is 1.96. The van der Waals surface area contributed by atoms with Crippen molar-refractivity contribution in [3.8, 4) is 0 Å². The molecule has 0 heterocycles. The number of carbonyl (C=O) groups excluding carboxylic acids is 1. The van der Waals surface area contributed by atoms with Gasteiger partial charge in [-0.25, -0.2) is 0 Å². The van der Waals surface area contributed by atoms with Gasteiger partial charge in [0.1, 0.15) is 5.92 Å². The number of hydrogen-bond acceptors (Lipinski definition) is 4. The average molecular weight is 219 g/mol. The summed E-state index contributed by atoms with van der Waals surface area (Å²) in [7, 11) is 2.88. The molecule has 0 aliphatic rings. The molecule has 0 radical (unpaired) electrons. The second kappa shape index (κ2) is 6.36. The largest absolute Gasteiger partial charge is 0.481 e. The summed E-state index contributed by atoms with van der Waals surface area (Å²) in [6.07, 6.45) is -0.801. The number of rotatable bonds is 6. The summed E-state index contributed by atoms with van der Waals surface area (Å²) in [5.41, 5.74) is 0. The van der Waals surface area contributed by atoms with Crippen LogP contribution in [-0.4, -0.2) is 60.4 Å². The fourth-order valence-corrected chi connectivity index (χ4v) is 1.09. The van der Waals surface area contributed by atoms with Gasteiger partial charge in [0, 0.05) is 20.7 Å². The van der Waals surface area contributed by atoms with E-state index in [1.807, 2.05) is 0 Å². The molecule has 2 atom stereocenters. The first-order chi connectivity index (χ1) is 6.90. The van der Waals surface area contributed by atoms with Crippen LogP contribution in [0.5, 0.6) is 0 Å². The molecule has 0 aliphatic carbocycles. The Kier molecular flexibility index (Phi) is 5.88. The van der Waals surface area contributed by atoms with Gasteiger partial charge in [-0.3, -0.25) is 9.59 Å². The van der Waals surface area contributed by atoms with Gasteiger partial charge < -0.3 is 19.8 Å². The van der Waals surface area contributed by atoms with E-state index >= 15 is 0 Å². The number of amides is 1. The average Bonchev–Trinajstić information content (AvgIpc) is 2.15. The second-order valence-corrected chi connectivity index (χ2v) is 3.39. The maximum Gasteiger partial charge on any atom is 0.315 e. The minimum absolute atomic E-state index is 0.0598. The molecular formula is C9H17NO5. The van der Waals surface area contributed by atoms with E-state index in [-0.39, 0.29) is 13.2 Å². The van der Waals surface area contributed by atoms with Gasteiger partial charge in [-0.05, 0) is 6.92 Å². The van der Waals surface area contributed by atoms with E-state index in [0.29, 0.717) is 0 Å². The van der Waals surface area contributed by atoms with Crippen LogP contribution in [0, 0.1) is 5.92 Å². The van der Waals surface area contributed by atoms with Crippen LogP contribution < -0.4 is 0 Å². The molecule has 0 aromatic carbocycles. The lowest BCUT2D eigenvalue weighted by atomic mass is 10.1. The first kappa shape index (κ1) is 13.9. The standard InChI is InChI=1S/C9H17NO5/c1-6(9(13)14)8(12)10(2)4-7(11)5-15-3/h6-7,11H,4-5H2,1-3H3,(H,13,14). The molecule has 0 bridgehead atoms. The van der Waals surface area contributed by atoms with Gasteiger partial charge in [0.2, 0.25) is 5.91 Å². The highest BCUT2D eigenvalue weighted by Crippen LogP contribution is 2.02. The van der Waals surface area contributed by atoms with E-state index in [9.17, 15) is 14.7 Å². The molecule has 0 saturated heterocycles. The molecule has 6 heteroatoms. The number of methoxy groups -OCH3 is 1. The highest BCUT2D eigenvalue weighted by molar-refractivity contribution is 5.96. The fraction of sp³-hybridized carbons (Fsp3) is 0.778. The number of aliphatic hydroxyl groups excluding tert-OH is 1. The first-order valence-electron chi connectivity index (χ1n) is 4.55. The van der Waals surface area contributed by atoms with Crippen LogP contribution in [0.4, 0.5) is 0 Å². The third-order valence-corrected chi connectivity index (χ3v) is 1.96. The number of carbonyl (C=O) groups is 2. The van der Waals surface area contributed by atoms with Crippen LogP contribution in [0.1, 0.15) is 6.92 Å². The van der Waals surface area contributed by atoms with Crippen LogP contribution in [-0.2, 0) is 14.3 Å². The van der Waals surface area contributed by atoms with Crippen molar-refractivity contribution in [3.63, 3.8) is 0 Å². The smallest absolute Gasteiger partial charge is 0.315 e. The second-order valence-electron chi connectivity index (χ2n) is 3.39. The predicted molar refractivity (Wildman–Crippen MR) is 52.3 cm³/mol. The molecule has 0 fully saturated rings. The van der Waals surface area contributed by atoms with E-state index in [1.165, 1.54) is 26.0 Å². The molecule has 1 amide bonds. The molecule has 0 aromatic rings. The number of aliphatic carboxylic acids is 1. The Labute approximate surface area is 88.4 Å². The molecule has 0 rings (SSSR count). The Morgan fingerprint density at radius 2 is 2.00 bits per heavy atom. The Bertz CT molecular complexity index is 231. The first-order valence-corrected chi connectivity index (χ1v) is 4.55. The van der Waals surface area contributed by atoms with E-state index in [2.05, 4.69) is 4.74 Å². The molecule has 0 aliphatic heterocycles. The van der Waals surface area contributed by atoms with Gasteiger partial charge >= 0.3 is 5.97 Å². The van der Waals surface area contributed by atoms with E-state index < -0.39 is 23.9 Å². The van der Waals surface area contributed by atoms with E-state index in [4.69, 9.17) is 5.11 Å². The summed E-state index contributed by atoms with van der Waals surface area (Å²) in [6.45, 7) is 1.48. The molecule has 88 valence electrons. The van der Waals surface area contributed by atoms with Crippen molar-refractivity contribution in [2.75, 3.05) is 27.3 Å². The molecule has 0 aromatic heterocycles. The molecule has 6 nitrogen and oxygen atoms in total. The third kappa shape index (κ3) is 4.75. The number of aliphatic hydroxyl groups is 1. The van der Waals surface area contributed by atoms with E-state index in [1.54, 1.807) is 0 Å². The van der Waals surface area contributed by atoms with Gasteiger partial charge in [0.05, 0.1) is 12.7 Å². The van der Waals surface area contributed by atoms with Gasteiger partial charge in [-0.15, -0.1) is 0 Å². The van der Waals surface area contributed by atoms with Crippen molar-refractivity contribution < 1.29 is 24.5 Å². The zero-order valence-electron chi connectivity index (χ0n) is 9.14. The highest BCUT2D eigenvalue weighted by atomic mass is 16.5. The highest BCUT2D eigenvalue weighted by Gasteiger charge is 2.24. The quantitative estimate of drug-likeness (QED) is 0.569. The van der Waals surface area contributed by atoms with Crippen molar-refractivity contribution in [3.05, 3.63) is 0 Å². The number of carboxylic acids is 1. The maximum atomic E-state index is 11.4. The van der Waals surface area contributed by atoms with Gasteiger partial charge in [0.15, 0.2) is 0 Å². The lowest BCUT2D eigenvalue weighted by Gasteiger charge is -2.22. The van der Waals surface area contributed by atoms with Crippen LogP contribution in [0.15, 0.2) is 0 Å². The number of carboxylic acid groups (broad SMARTS) is 1. The molecule has 2 N–H and O–H groups in total. The number of ether oxygens (including phenoxy) is 1. The van der Waals surface area contributed by atoms with E-state index in [0.717, 1.165) is 0 Å². The van der Waals surface area contributed by atoms with Crippen molar-refractivity contribution in [2.45, 2.75) is 13.0 Å². The molecule has 2 unspecified atom stereocenters. The zero-order valence-corrected chi connectivity index (χ0v) is 9.14. The molecule has 15 heavy (non-hydrogen) atoms. The molecule has 0 spiro atoms. The SMILES string of the molecule is COCC(O)CN(C)C(=O)C(C)C(=O)O. The van der Waals surface area contributed by atoms with Crippen LogP contribution in [0.25, 0.3) is 0 Å². The molecular weight excluding hydrogens is 202 g/mol. The monoisotopic (exact) mass is 219 g/mol. The number of hydrogen-bond donors (Lipinski definition) is 2. The summed E-state index contributed by atoms with van der Waals surface area (Å²) in [5, 5.41) is 17.9. The summed E-state index contributed by atoms with van der Waals surface area (Å²) < 4.78 is 4.69. The predicted octanol–water partition coefficient (Wildman–Crippen LogP) is -0.827. The lowest BCUT2D eigenvalue weighted by molar-refractivity contribution is -0.150. The Balaban J connectivity index is 4.15. The van der Waals surface area contributed by atoms with Gasteiger partial charge in [0.25, 0.3) is 0 Å². The summed E-state index contributed by atoms with van der Waals surface area (Å²) in [6, 6.07) is 0. The number of nitrogens with zero attached hydrogens (tertiary/aromatic N) is 1. The van der Waals surface area contributed by atoms with Crippen LogP contribution >= 0.6 is 0 Å². The van der Waals surface area contributed by atoms with Crippen LogP contribution in [0.2, 0.25) is 0 Å². The van der Waals surface area contributed by atoms with Gasteiger partial charge in [-0.2, -0.15) is 0 Å². The maximum absolute atomic E-state index is 11.4. The minimum atomic E-state index is -1.17.